The third-order valence-corrected chi connectivity index (χ3v) is 4.41. The smallest absolute Gasteiger partial charge is 0.191 e. The minimum absolute atomic E-state index is 0.374. The van der Waals surface area contributed by atoms with Crippen molar-refractivity contribution in [3.63, 3.8) is 0 Å². The van der Waals surface area contributed by atoms with Crippen LogP contribution in [0.1, 0.15) is 37.6 Å². The lowest BCUT2D eigenvalue weighted by Gasteiger charge is -2.24. The van der Waals surface area contributed by atoms with E-state index < -0.39 is 0 Å². The van der Waals surface area contributed by atoms with E-state index in [9.17, 15) is 0 Å². The van der Waals surface area contributed by atoms with Crippen molar-refractivity contribution < 1.29 is 0 Å². The van der Waals surface area contributed by atoms with Gasteiger partial charge in [0.15, 0.2) is 5.96 Å². The second kappa shape index (κ2) is 9.79. The van der Waals surface area contributed by atoms with E-state index in [0.717, 1.165) is 25.0 Å². The molecule has 0 amide bonds. The number of guanidine groups is 1. The van der Waals surface area contributed by atoms with Gasteiger partial charge in [-0.2, -0.15) is 0 Å². The van der Waals surface area contributed by atoms with Gasteiger partial charge in [-0.1, -0.05) is 19.9 Å². The maximum atomic E-state index is 4.30. The Bertz CT molecular complexity index is 398. The molecule has 4 nitrogen and oxygen atoms in total. The Kier molecular flexibility index (Phi) is 8.38. The summed E-state index contributed by atoms with van der Waals surface area (Å²) < 4.78 is 0. The lowest BCUT2D eigenvalue weighted by Crippen LogP contribution is -2.41. The summed E-state index contributed by atoms with van der Waals surface area (Å²) in [5.74, 6) is 1.65. The van der Waals surface area contributed by atoms with Crippen LogP contribution in [0.5, 0.6) is 0 Å². The summed E-state index contributed by atoms with van der Waals surface area (Å²) in [5, 5.41) is 8.95. The molecule has 21 heavy (non-hydrogen) atoms. The van der Waals surface area contributed by atoms with Crippen LogP contribution in [-0.2, 0) is 0 Å². The number of nitrogens with zero attached hydrogens (tertiary/aromatic N) is 2. The van der Waals surface area contributed by atoms with E-state index in [1.165, 1.54) is 17.7 Å². The molecule has 0 saturated carbocycles. The van der Waals surface area contributed by atoms with E-state index >= 15 is 0 Å². The van der Waals surface area contributed by atoms with Crippen molar-refractivity contribution in [3.8, 4) is 0 Å². The molecule has 0 radical (unpaired) electrons. The van der Waals surface area contributed by atoms with Crippen LogP contribution >= 0.6 is 11.3 Å². The fraction of sp³-hybridized carbons (Fsp3) is 0.688. The Morgan fingerprint density at radius 1 is 1.33 bits per heavy atom. The lowest BCUT2D eigenvalue weighted by atomic mass is 10.1. The standard InChI is InChI=1S/C16H30N4S/c1-13(2)8-6-10-18-16(17-3)19-12-14(20(4)5)15-9-7-11-21-15/h7,9,11,13-14H,6,8,10,12H2,1-5H3,(H2,17,18,19). The maximum Gasteiger partial charge on any atom is 0.191 e. The molecule has 0 spiro atoms. The van der Waals surface area contributed by atoms with Gasteiger partial charge in [0.25, 0.3) is 0 Å². The summed E-state index contributed by atoms with van der Waals surface area (Å²) in [6.07, 6.45) is 2.43. The van der Waals surface area contributed by atoms with Gasteiger partial charge in [-0.05, 0) is 44.3 Å². The molecule has 0 aliphatic heterocycles. The van der Waals surface area contributed by atoms with Gasteiger partial charge in [0.2, 0.25) is 0 Å². The molecule has 0 fully saturated rings. The van der Waals surface area contributed by atoms with Crippen molar-refractivity contribution in [3.05, 3.63) is 22.4 Å². The first kappa shape index (κ1) is 18.0. The average molecular weight is 311 g/mol. The van der Waals surface area contributed by atoms with Crippen LogP contribution in [0, 0.1) is 5.92 Å². The van der Waals surface area contributed by atoms with E-state index in [0.29, 0.717) is 6.04 Å². The predicted molar refractivity (Wildman–Crippen MR) is 94.2 cm³/mol. The molecule has 1 heterocycles. The molecule has 1 aromatic heterocycles. The lowest BCUT2D eigenvalue weighted by molar-refractivity contribution is 0.302. The van der Waals surface area contributed by atoms with Gasteiger partial charge in [-0.15, -0.1) is 11.3 Å². The first-order valence-electron chi connectivity index (χ1n) is 7.69. The molecule has 120 valence electrons. The SMILES string of the molecule is CN=C(NCCCC(C)C)NCC(c1cccs1)N(C)C. The second-order valence-electron chi connectivity index (χ2n) is 5.91. The quantitative estimate of drug-likeness (QED) is 0.440. The Balaban J connectivity index is 2.39. The molecular weight excluding hydrogens is 280 g/mol. The molecule has 1 unspecified atom stereocenters. The maximum absolute atomic E-state index is 4.30. The Hall–Kier alpha value is -1.07. The van der Waals surface area contributed by atoms with E-state index in [-0.39, 0.29) is 0 Å². The number of thiophene rings is 1. The van der Waals surface area contributed by atoms with Crippen molar-refractivity contribution in [1.29, 1.82) is 0 Å². The number of aliphatic imine (C=N–C) groups is 1. The first-order chi connectivity index (χ1) is 10.0. The molecule has 0 bridgehead atoms. The van der Waals surface area contributed by atoms with E-state index in [1.807, 2.05) is 7.05 Å². The highest BCUT2D eigenvalue weighted by Gasteiger charge is 2.15. The number of rotatable bonds is 8. The van der Waals surface area contributed by atoms with Gasteiger partial charge in [0, 0.05) is 25.0 Å². The summed E-state index contributed by atoms with van der Waals surface area (Å²) in [6, 6.07) is 4.67. The topological polar surface area (TPSA) is 39.7 Å². The average Bonchev–Trinajstić information content (AvgIpc) is 2.94. The largest absolute Gasteiger partial charge is 0.356 e. The Morgan fingerprint density at radius 2 is 2.10 bits per heavy atom. The van der Waals surface area contributed by atoms with Crippen molar-refractivity contribution in [2.75, 3.05) is 34.2 Å². The molecule has 0 aliphatic carbocycles. The highest BCUT2D eigenvalue weighted by molar-refractivity contribution is 7.10. The minimum atomic E-state index is 0.374. The second-order valence-corrected chi connectivity index (χ2v) is 6.89. The highest BCUT2D eigenvalue weighted by Crippen LogP contribution is 2.22. The Morgan fingerprint density at radius 3 is 2.62 bits per heavy atom. The number of likely N-dealkylation sites (N-methyl/N-ethyl adjacent to an activating group) is 1. The van der Waals surface area contributed by atoms with Gasteiger partial charge in [-0.3, -0.25) is 4.99 Å². The summed E-state index contributed by atoms with van der Waals surface area (Å²) >= 11 is 1.80. The fourth-order valence-electron chi connectivity index (χ4n) is 2.15. The van der Waals surface area contributed by atoms with Crippen LogP contribution in [0.2, 0.25) is 0 Å². The van der Waals surface area contributed by atoms with Crippen LogP contribution in [0.15, 0.2) is 22.5 Å². The highest BCUT2D eigenvalue weighted by atomic mass is 32.1. The zero-order valence-electron chi connectivity index (χ0n) is 14.0. The first-order valence-corrected chi connectivity index (χ1v) is 8.57. The molecule has 0 saturated heterocycles. The van der Waals surface area contributed by atoms with E-state index in [2.05, 4.69) is 66.0 Å². The zero-order valence-corrected chi connectivity index (χ0v) is 14.8. The molecule has 2 N–H and O–H groups in total. The Labute approximate surface area is 133 Å². The molecular formula is C16H30N4S. The molecule has 1 atom stereocenters. The van der Waals surface area contributed by atoms with E-state index in [4.69, 9.17) is 0 Å². The molecule has 5 heteroatoms. The van der Waals surface area contributed by atoms with Crippen molar-refractivity contribution in [2.24, 2.45) is 10.9 Å². The number of hydrogen-bond donors (Lipinski definition) is 2. The van der Waals surface area contributed by atoms with E-state index in [1.54, 1.807) is 11.3 Å². The third kappa shape index (κ3) is 6.96. The van der Waals surface area contributed by atoms with Gasteiger partial charge in [0.1, 0.15) is 0 Å². The van der Waals surface area contributed by atoms with Crippen LogP contribution < -0.4 is 10.6 Å². The van der Waals surface area contributed by atoms with Gasteiger partial charge >= 0.3 is 0 Å². The monoisotopic (exact) mass is 310 g/mol. The van der Waals surface area contributed by atoms with Crippen molar-refractivity contribution in [2.45, 2.75) is 32.7 Å². The van der Waals surface area contributed by atoms with Crippen molar-refractivity contribution in [1.82, 2.24) is 15.5 Å². The predicted octanol–water partition coefficient (Wildman–Crippen LogP) is 2.95. The molecule has 1 rings (SSSR count). The van der Waals surface area contributed by atoms with Crippen LogP contribution in [-0.4, -0.2) is 45.1 Å². The van der Waals surface area contributed by atoms with Gasteiger partial charge < -0.3 is 15.5 Å². The fourth-order valence-corrected chi connectivity index (χ4v) is 3.07. The zero-order chi connectivity index (χ0) is 15.7. The summed E-state index contributed by atoms with van der Waals surface area (Å²) in [4.78, 5) is 7.92. The van der Waals surface area contributed by atoms with Crippen molar-refractivity contribution >= 4 is 17.3 Å². The van der Waals surface area contributed by atoms with Crippen LogP contribution in [0.4, 0.5) is 0 Å². The van der Waals surface area contributed by atoms with Gasteiger partial charge in [-0.25, -0.2) is 0 Å². The summed E-state index contributed by atoms with van der Waals surface area (Å²) in [6.45, 7) is 6.35. The molecule has 0 aromatic carbocycles. The molecule has 1 aromatic rings. The third-order valence-electron chi connectivity index (χ3n) is 3.43. The molecule has 0 aliphatic rings. The normalized spacial score (nSPS) is 13.8. The van der Waals surface area contributed by atoms with Gasteiger partial charge in [0.05, 0.1) is 6.04 Å². The van der Waals surface area contributed by atoms with Crippen LogP contribution in [0.25, 0.3) is 0 Å². The van der Waals surface area contributed by atoms with Crippen LogP contribution in [0.3, 0.4) is 0 Å². The summed E-state index contributed by atoms with van der Waals surface area (Å²) in [5.41, 5.74) is 0. The number of hydrogen-bond acceptors (Lipinski definition) is 3. The minimum Gasteiger partial charge on any atom is -0.356 e. The summed E-state index contributed by atoms with van der Waals surface area (Å²) in [7, 11) is 6.06. The number of nitrogens with one attached hydrogen (secondary N) is 2.